The Labute approximate surface area is 169 Å². The third kappa shape index (κ3) is 5.62. The monoisotopic (exact) mass is 403 g/mol. The van der Waals surface area contributed by atoms with Crippen molar-refractivity contribution in [3.8, 4) is 0 Å². The maximum atomic E-state index is 14.0. The van der Waals surface area contributed by atoms with Crippen LogP contribution >= 0.6 is 11.3 Å². The second-order valence-corrected chi connectivity index (χ2v) is 7.92. The van der Waals surface area contributed by atoms with Crippen molar-refractivity contribution in [2.75, 3.05) is 26.2 Å². The SMILES string of the molecule is CC(=O)NC(Cc1ccccc1F)C(=O)N1CCCN(Cc2ccsc2)CC1. The van der Waals surface area contributed by atoms with E-state index in [1.807, 2.05) is 0 Å². The van der Waals surface area contributed by atoms with Gasteiger partial charge in [0.2, 0.25) is 11.8 Å². The summed E-state index contributed by atoms with van der Waals surface area (Å²) in [5.74, 6) is -0.789. The molecule has 28 heavy (non-hydrogen) atoms. The number of thiophene rings is 1. The quantitative estimate of drug-likeness (QED) is 0.807. The summed E-state index contributed by atoms with van der Waals surface area (Å²) in [5, 5.41) is 6.93. The van der Waals surface area contributed by atoms with Gasteiger partial charge in [0.05, 0.1) is 0 Å². The number of benzene rings is 1. The van der Waals surface area contributed by atoms with Crippen LogP contribution in [-0.2, 0) is 22.6 Å². The number of hydrogen-bond acceptors (Lipinski definition) is 4. The Morgan fingerprint density at radius 3 is 2.71 bits per heavy atom. The molecule has 0 radical (unpaired) electrons. The standard InChI is InChI=1S/C21H26FN3O2S/c1-16(26)23-20(13-18-5-2-3-6-19(18)22)21(27)25-9-4-8-24(10-11-25)14-17-7-12-28-15-17/h2-3,5-7,12,15,20H,4,8-11,13-14H2,1H3,(H,23,26). The van der Waals surface area contributed by atoms with Gasteiger partial charge in [-0.2, -0.15) is 11.3 Å². The van der Waals surface area contributed by atoms with Crippen LogP contribution in [-0.4, -0.2) is 53.8 Å². The number of carbonyl (C=O) groups excluding carboxylic acids is 2. The Morgan fingerprint density at radius 2 is 2.00 bits per heavy atom. The van der Waals surface area contributed by atoms with Gasteiger partial charge in [-0.05, 0) is 40.4 Å². The molecule has 0 bridgehead atoms. The molecule has 0 spiro atoms. The van der Waals surface area contributed by atoms with Gasteiger partial charge in [0.25, 0.3) is 0 Å². The lowest BCUT2D eigenvalue weighted by molar-refractivity contribution is -0.136. The number of nitrogens with zero attached hydrogens (tertiary/aromatic N) is 2. The first kappa shape index (κ1) is 20.5. The normalized spacial score (nSPS) is 16.4. The summed E-state index contributed by atoms with van der Waals surface area (Å²) < 4.78 is 14.0. The smallest absolute Gasteiger partial charge is 0.245 e. The van der Waals surface area contributed by atoms with Gasteiger partial charge in [-0.3, -0.25) is 14.5 Å². The van der Waals surface area contributed by atoms with Crippen molar-refractivity contribution >= 4 is 23.2 Å². The molecule has 1 fully saturated rings. The Kier molecular flexibility index (Phi) is 7.17. The molecule has 1 saturated heterocycles. The first-order valence-electron chi connectivity index (χ1n) is 9.55. The number of amides is 2. The lowest BCUT2D eigenvalue weighted by atomic mass is 10.0. The summed E-state index contributed by atoms with van der Waals surface area (Å²) in [7, 11) is 0. The lowest BCUT2D eigenvalue weighted by Crippen LogP contribution is -2.50. The second-order valence-electron chi connectivity index (χ2n) is 7.14. The van der Waals surface area contributed by atoms with Crippen LogP contribution in [0.1, 0.15) is 24.5 Å². The Balaban J connectivity index is 1.64. The van der Waals surface area contributed by atoms with E-state index in [0.717, 1.165) is 26.1 Å². The Morgan fingerprint density at radius 1 is 1.18 bits per heavy atom. The molecule has 1 aliphatic heterocycles. The number of rotatable bonds is 6. The topological polar surface area (TPSA) is 52.7 Å². The highest BCUT2D eigenvalue weighted by molar-refractivity contribution is 7.07. The maximum Gasteiger partial charge on any atom is 0.245 e. The summed E-state index contributed by atoms with van der Waals surface area (Å²) in [6.07, 6.45) is 1.03. The molecule has 2 amide bonds. The average molecular weight is 404 g/mol. The van der Waals surface area contributed by atoms with Gasteiger partial charge in [0.1, 0.15) is 11.9 Å². The van der Waals surface area contributed by atoms with Gasteiger partial charge in [-0.15, -0.1) is 0 Å². The number of nitrogens with one attached hydrogen (secondary N) is 1. The molecular formula is C21H26FN3O2S. The third-order valence-electron chi connectivity index (χ3n) is 4.94. The minimum atomic E-state index is -0.752. The number of hydrogen-bond donors (Lipinski definition) is 1. The fraction of sp³-hybridized carbons (Fsp3) is 0.429. The van der Waals surface area contributed by atoms with Crippen LogP contribution in [0, 0.1) is 5.82 Å². The molecule has 1 aliphatic rings. The fourth-order valence-electron chi connectivity index (χ4n) is 3.54. The van der Waals surface area contributed by atoms with Gasteiger partial charge in [0, 0.05) is 46.1 Å². The molecule has 1 aromatic carbocycles. The van der Waals surface area contributed by atoms with Crippen molar-refractivity contribution in [2.24, 2.45) is 0 Å². The molecule has 2 aromatic rings. The van der Waals surface area contributed by atoms with E-state index in [9.17, 15) is 14.0 Å². The molecule has 1 unspecified atom stereocenters. The number of halogens is 1. The molecule has 0 saturated carbocycles. The summed E-state index contributed by atoms with van der Waals surface area (Å²) >= 11 is 1.69. The van der Waals surface area contributed by atoms with Crippen molar-refractivity contribution in [2.45, 2.75) is 32.4 Å². The van der Waals surface area contributed by atoms with E-state index in [1.165, 1.54) is 18.6 Å². The molecule has 150 valence electrons. The van der Waals surface area contributed by atoms with Crippen LogP contribution in [0.15, 0.2) is 41.1 Å². The zero-order valence-electron chi connectivity index (χ0n) is 16.1. The van der Waals surface area contributed by atoms with E-state index in [1.54, 1.807) is 34.4 Å². The molecule has 2 heterocycles. The molecular weight excluding hydrogens is 377 g/mol. The molecule has 1 N–H and O–H groups in total. The Bertz CT molecular complexity index is 797. The van der Waals surface area contributed by atoms with Crippen LogP contribution in [0.3, 0.4) is 0 Å². The van der Waals surface area contributed by atoms with Crippen LogP contribution in [0.25, 0.3) is 0 Å². The van der Waals surface area contributed by atoms with Gasteiger partial charge >= 0.3 is 0 Å². The van der Waals surface area contributed by atoms with E-state index >= 15 is 0 Å². The molecule has 7 heteroatoms. The highest BCUT2D eigenvalue weighted by Gasteiger charge is 2.28. The van der Waals surface area contributed by atoms with Crippen molar-refractivity contribution < 1.29 is 14.0 Å². The average Bonchev–Trinajstić information content (AvgIpc) is 3.06. The van der Waals surface area contributed by atoms with E-state index in [2.05, 4.69) is 27.0 Å². The number of carbonyl (C=O) groups is 2. The van der Waals surface area contributed by atoms with Gasteiger partial charge in [0.15, 0.2) is 0 Å². The van der Waals surface area contributed by atoms with E-state index in [-0.39, 0.29) is 24.1 Å². The summed E-state index contributed by atoms with van der Waals surface area (Å²) in [5.41, 5.74) is 1.73. The summed E-state index contributed by atoms with van der Waals surface area (Å²) in [6, 6.07) is 7.76. The van der Waals surface area contributed by atoms with E-state index in [4.69, 9.17) is 0 Å². The van der Waals surface area contributed by atoms with Crippen LogP contribution in [0.5, 0.6) is 0 Å². The zero-order chi connectivity index (χ0) is 19.9. The van der Waals surface area contributed by atoms with Gasteiger partial charge in [-0.25, -0.2) is 4.39 Å². The first-order chi connectivity index (χ1) is 13.5. The maximum absolute atomic E-state index is 14.0. The van der Waals surface area contributed by atoms with E-state index < -0.39 is 6.04 Å². The van der Waals surface area contributed by atoms with Crippen molar-refractivity contribution in [3.05, 3.63) is 58.0 Å². The molecule has 5 nitrogen and oxygen atoms in total. The largest absolute Gasteiger partial charge is 0.344 e. The zero-order valence-corrected chi connectivity index (χ0v) is 16.9. The van der Waals surface area contributed by atoms with Crippen molar-refractivity contribution in [1.82, 2.24) is 15.1 Å². The van der Waals surface area contributed by atoms with E-state index in [0.29, 0.717) is 18.7 Å². The lowest BCUT2D eigenvalue weighted by Gasteiger charge is -2.27. The van der Waals surface area contributed by atoms with Gasteiger partial charge in [-0.1, -0.05) is 18.2 Å². The predicted molar refractivity (Wildman–Crippen MR) is 109 cm³/mol. The van der Waals surface area contributed by atoms with Crippen LogP contribution in [0.2, 0.25) is 0 Å². The minimum absolute atomic E-state index is 0.143. The highest BCUT2D eigenvalue weighted by atomic mass is 32.1. The van der Waals surface area contributed by atoms with Crippen molar-refractivity contribution in [3.63, 3.8) is 0 Å². The highest BCUT2D eigenvalue weighted by Crippen LogP contribution is 2.14. The third-order valence-corrected chi connectivity index (χ3v) is 5.68. The predicted octanol–water partition coefficient (Wildman–Crippen LogP) is 2.67. The summed E-state index contributed by atoms with van der Waals surface area (Å²) in [4.78, 5) is 28.9. The second kappa shape index (κ2) is 9.80. The minimum Gasteiger partial charge on any atom is -0.344 e. The van der Waals surface area contributed by atoms with Gasteiger partial charge < -0.3 is 10.2 Å². The molecule has 1 atom stereocenters. The van der Waals surface area contributed by atoms with Crippen molar-refractivity contribution in [1.29, 1.82) is 0 Å². The summed E-state index contributed by atoms with van der Waals surface area (Å²) in [6.45, 7) is 5.23. The van der Waals surface area contributed by atoms with Crippen LogP contribution < -0.4 is 5.32 Å². The fourth-order valence-corrected chi connectivity index (χ4v) is 4.20. The molecule has 3 rings (SSSR count). The Hall–Kier alpha value is -2.25. The molecule has 1 aromatic heterocycles. The first-order valence-corrected chi connectivity index (χ1v) is 10.5. The molecule has 0 aliphatic carbocycles. The van der Waals surface area contributed by atoms with Crippen LogP contribution in [0.4, 0.5) is 4.39 Å².